The van der Waals surface area contributed by atoms with E-state index in [1.54, 1.807) is 20.0 Å². The maximum absolute atomic E-state index is 13.1. The Hall–Kier alpha value is -3.58. The van der Waals surface area contributed by atoms with Crippen LogP contribution in [0.2, 0.25) is 0 Å². The first kappa shape index (κ1) is 31.6. The quantitative estimate of drug-likeness (QED) is 0.154. The molecule has 1 aromatic carbocycles. The Kier molecular flexibility index (Phi) is 12.3. The van der Waals surface area contributed by atoms with Crippen molar-refractivity contribution in [3.8, 4) is 0 Å². The number of H-pyrrole nitrogens is 1. The third kappa shape index (κ3) is 9.91. The summed E-state index contributed by atoms with van der Waals surface area (Å²) in [6.45, 7) is 3.56. The van der Waals surface area contributed by atoms with Crippen LogP contribution < -0.4 is 21.7 Å². The molecule has 1 aromatic heterocycles. The van der Waals surface area contributed by atoms with Crippen molar-refractivity contribution >= 4 is 52.3 Å². The van der Waals surface area contributed by atoms with Gasteiger partial charge in [-0.1, -0.05) is 32.0 Å². The van der Waals surface area contributed by atoms with Crippen molar-refractivity contribution < 1.29 is 34.2 Å². The largest absolute Gasteiger partial charge is 0.481 e. The van der Waals surface area contributed by atoms with Crippen LogP contribution in [0, 0.1) is 5.92 Å². The standard InChI is InChI=1S/C26H37N5O7S/c1-14(2)10-21(26(37)38)31-25(36)20(12-22(32)33)30-24(35)19(8-9-39-3)29-23(34)17(27)11-15-13-28-18-7-5-4-6-16(15)18/h4-7,13-14,17,19-21,28H,8-12,27H2,1-3H3,(H,29,34)(H,30,35)(H,31,36)(H,32,33)(H,37,38). The first-order valence-electron chi connectivity index (χ1n) is 12.6. The Bertz CT molecular complexity index is 1170. The fraction of sp³-hybridized carbons (Fsp3) is 0.500. The van der Waals surface area contributed by atoms with Crippen molar-refractivity contribution in [3.63, 3.8) is 0 Å². The lowest BCUT2D eigenvalue weighted by Crippen LogP contribution is -2.57. The number of nitrogens with one attached hydrogen (secondary N) is 4. The van der Waals surface area contributed by atoms with E-state index in [0.29, 0.717) is 5.75 Å². The molecule has 0 fully saturated rings. The van der Waals surface area contributed by atoms with Crippen molar-refractivity contribution in [1.29, 1.82) is 0 Å². The summed E-state index contributed by atoms with van der Waals surface area (Å²) in [7, 11) is 0. The predicted molar refractivity (Wildman–Crippen MR) is 148 cm³/mol. The molecule has 0 radical (unpaired) electrons. The number of para-hydroxylation sites is 1. The number of nitrogens with two attached hydrogens (primary N) is 1. The van der Waals surface area contributed by atoms with Crippen LogP contribution in [-0.4, -0.2) is 81.0 Å². The van der Waals surface area contributed by atoms with Crippen LogP contribution in [0.1, 0.15) is 38.7 Å². The van der Waals surface area contributed by atoms with Gasteiger partial charge >= 0.3 is 11.9 Å². The molecular weight excluding hydrogens is 526 g/mol. The van der Waals surface area contributed by atoms with E-state index in [-0.39, 0.29) is 25.2 Å². The van der Waals surface area contributed by atoms with Gasteiger partial charge in [0, 0.05) is 17.1 Å². The van der Waals surface area contributed by atoms with Gasteiger partial charge in [0.05, 0.1) is 12.5 Å². The van der Waals surface area contributed by atoms with Crippen LogP contribution in [-0.2, 0) is 30.4 Å². The molecule has 12 nitrogen and oxygen atoms in total. The summed E-state index contributed by atoms with van der Waals surface area (Å²) in [5.41, 5.74) is 7.89. The third-order valence-electron chi connectivity index (χ3n) is 6.03. The van der Waals surface area contributed by atoms with E-state index in [1.165, 1.54) is 11.8 Å². The highest BCUT2D eigenvalue weighted by Gasteiger charge is 2.31. The summed E-state index contributed by atoms with van der Waals surface area (Å²) in [6.07, 6.45) is 3.36. The fourth-order valence-corrected chi connectivity index (χ4v) is 4.51. The molecule has 214 valence electrons. The molecule has 0 saturated carbocycles. The normalized spacial score (nSPS) is 14.3. The molecule has 0 aliphatic heterocycles. The van der Waals surface area contributed by atoms with Gasteiger partial charge in [-0.05, 0) is 48.8 Å². The number of carbonyl (C=O) groups excluding carboxylic acids is 3. The minimum atomic E-state index is -1.54. The lowest BCUT2D eigenvalue weighted by Gasteiger charge is -2.25. The highest BCUT2D eigenvalue weighted by molar-refractivity contribution is 7.98. The number of hydrogen-bond acceptors (Lipinski definition) is 7. The van der Waals surface area contributed by atoms with E-state index in [2.05, 4.69) is 20.9 Å². The Morgan fingerprint density at radius 2 is 1.56 bits per heavy atom. The van der Waals surface area contributed by atoms with Gasteiger partial charge in [-0.3, -0.25) is 19.2 Å². The van der Waals surface area contributed by atoms with Crippen LogP contribution in [0.25, 0.3) is 10.9 Å². The Labute approximate surface area is 230 Å². The Balaban J connectivity index is 2.12. The number of carboxylic acids is 2. The topological polar surface area (TPSA) is 204 Å². The molecule has 0 aliphatic carbocycles. The monoisotopic (exact) mass is 563 g/mol. The van der Waals surface area contributed by atoms with Gasteiger partial charge in [0.25, 0.3) is 0 Å². The number of rotatable bonds is 16. The molecule has 0 aliphatic rings. The van der Waals surface area contributed by atoms with Crippen LogP contribution >= 0.6 is 11.8 Å². The maximum Gasteiger partial charge on any atom is 0.326 e. The Morgan fingerprint density at radius 3 is 2.18 bits per heavy atom. The first-order valence-corrected chi connectivity index (χ1v) is 14.0. The van der Waals surface area contributed by atoms with Gasteiger partial charge < -0.3 is 36.9 Å². The molecule has 3 amide bonds. The molecule has 4 atom stereocenters. The van der Waals surface area contributed by atoms with E-state index >= 15 is 0 Å². The Morgan fingerprint density at radius 1 is 0.949 bits per heavy atom. The van der Waals surface area contributed by atoms with Gasteiger partial charge in [-0.25, -0.2) is 4.79 Å². The molecular formula is C26H37N5O7S. The van der Waals surface area contributed by atoms with Crippen LogP contribution in [0.4, 0.5) is 0 Å². The molecule has 0 saturated heterocycles. The number of aromatic amines is 1. The minimum absolute atomic E-state index is 0.0569. The molecule has 8 N–H and O–H groups in total. The van der Waals surface area contributed by atoms with Gasteiger partial charge in [0.1, 0.15) is 18.1 Å². The number of aromatic nitrogens is 1. The summed E-state index contributed by atoms with van der Waals surface area (Å²) in [5.74, 6) is -4.49. The highest BCUT2D eigenvalue weighted by atomic mass is 32.2. The molecule has 2 aromatic rings. The van der Waals surface area contributed by atoms with Crippen molar-refractivity contribution in [2.24, 2.45) is 11.7 Å². The number of fused-ring (bicyclic) bond motifs is 1. The number of amides is 3. The smallest absolute Gasteiger partial charge is 0.326 e. The first-order chi connectivity index (χ1) is 18.4. The number of aliphatic carboxylic acids is 2. The van der Waals surface area contributed by atoms with Crippen LogP contribution in [0.15, 0.2) is 30.5 Å². The lowest BCUT2D eigenvalue weighted by molar-refractivity contribution is -0.144. The number of carboxylic acid groups (broad SMARTS) is 2. The molecule has 0 bridgehead atoms. The second-order valence-electron chi connectivity index (χ2n) is 9.70. The van der Waals surface area contributed by atoms with E-state index in [4.69, 9.17) is 5.73 Å². The summed E-state index contributed by atoms with van der Waals surface area (Å²) >= 11 is 1.44. The average molecular weight is 564 g/mol. The zero-order valence-electron chi connectivity index (χ0n) is 22.2. The summed E-state index contributed by atoms with van der Waals surface area (Å²) in [5, 5.41) is 26.9. The second kappa shape index (κ2) is 15.1. The molecule has 1 heterocycles. The van der Waals surface area contributed by atoms with Crippen LogP contribution in [0.5, 0.6) is 0 Å². The number of carbonyl (C=O) groups is 5. The number of hydrogen-bond donors (Lipinski definition) is 7. The molecule has 39 heavy (non-hydrogen) atoms. The van der Waals surface area contributed by atoms with Crippen molar-refractivity contribution in [1.82, 2.24) is 20.9 Å². The van der Waals surface area contributed by atoms with E-state index < -0.39 is 60.2 Å². The molecule has 13 heteroatoms. The van der Waals surface area contributed by atoms with Gasteiger partial charge in [0.2, 0.25) is 17.7 Å². The highest BCUT2D eigenvalue weighted by Crippen LogP contribution is 2.19. The van der Waals surface area contributed by atoms with Crippen molar-refractivity contribution in [3.05, 3.63) is 36.0 Å². The van der Waals surface area contributed by atoms with Gasteiger partial charge in [0.15, 0.2) is 0 Å². The van der Waals surface area contributed by atoms with E-state index in [9.17, 15) is 34.2 Å². The average Bonchev–Trinajstić information content (AvgIpc) is 3.27. The molecule has 2 rings (SSSR count). The summed E-state index contributed by atoms with van der Waals surface area (Å²) in [4.78, 5) is 64.9. The number of benzene rings is 1. The second-order valence-corrected chi connectivity index (χ2v) is 10.7. The fourth-order valence-electron chi connectivity index (χ4n) is 4.03. The molecule has 4 unspecified atom stereocenters. The minimum Gasteiger partial charge on any atom is -0.481 e. The number of thioether (sulfide) groups is 1. The van der Waals surface area contributed by atoms with Crippen molar-refractivity contribution in [2.45, 2.75) is 63.7 Å². The molecule has 0 spiro atoms. The van der Waals surface area contributed by atoms with Crippen LogP contribution in [0.3, 0.4) is 0 Å². The lowest BCUT2D eigenvalue weighted by atomic mass is 10.0. The third-order valence-corrected chi connectivity index (χ3v) is 6.67. The van der Waals surface area contributed by atoms with E-state index in [0.717, 1.165) is 16.5 Å². The predicted octanol–water partition coefficient (Wildman–Crippen LogP) is 0.851. The summed E-state index contributed by atoms with van der Waals surface area (Å²) in [6, 6.07) is 2.71. The van der Waals surface area contributed by atoms with E-state index in [1.807, 2.05) is 30.5 Å². The van der Waals surface area contributed by atoms with Gasteiger partial charge in [-0.15, -0.1) is 0 Å². The summed E-state index contributed by atoms with van der Waals surface area (Å²) < 4.78 is 0. The maximum atomic E-state index is 13.1. The van der Waals surface area contributed by atoms with Gasteiger partial charge in [-0.2, -0.15) is 11.8 Å². The van der Waals surface area contributed by atoms with Crippen molar-refractivity contribution in [2.75, 3.05) is 12.0 Å². The zero-order chi connectivity index (χ0) is 29.1. The SMILES string of the molecule is CSCCC(NC(=O)C(N)Cc1c[nH]c2ccccc12)C(=O)NC(CC(=O)O)C(=O)NC(CC(C)C)C(=O)O. The zero-order valence-corrected chi connectivity index (χ0v) is 23.0.